The highest BCUT2D eigenvalue weighted by molar-refractivity contribution is 14.0. The van der Waals surface area contributed by atoms with Crippen molar-refractivity contribution >= 4 is 58.8 Å². The van der Waals surface area contributed by atoms with Crippen molar-refractivity contribution in [2.45, 2.75) is 27.3 Å². The Kier molecular flexibility index (Phi) is 10.6. The second kappa shape index (κ2) is 12.1. The van der Waals surface area contributed by atoms with Gasteiger partial charge in [0.15, 0.2) is 5.96 Å². The zero-order chi connectivity index (χ0) is 18.9. The molecule has 0 unspecified atom stereocenters. The van der Waals surface area contributed by atoms with Crippen LogP contribution in [-0.2, 0) is 6.54 Å². The van der Waals surface area contributed by atoms with Gasteiger partial charge in [-0.05, 0) is 45.0 Å². The molecule has 0 fully saturated rings. The number of aryl methyl sites for hydroxylation is 2. The van der Waals surface area contributed by atoms with E-state index in [4.69, 9.17) is 11.6 Å². The quantitative estimate of drug-likeness (QED) is 0.225. The van der Waals surface area contributed by atoms with Crippen LogP contribution in [0.1, 0.15) is 32.9 Å². The van der Waals surface area contributed by atoms with Crippen LogP contribution >= 0.6 is 46.9 Å². The van der Waals surface area contributed by atoms with Gasteiger partial charge in [-0.1, -0.05) is 11.6 Å². The molecule has 6 nitrogen and oxygen atoms in total. The molecule has 0 aliphatic rings. The van der Waals surface area contributed by atoms with Crippen LogP contribution in [0.4, 0.5) is 0 Å². The molecule has 0 atom stereocenters. The van der Waals surface area contributed by atoms with Crippen LogP contribution in [-0.4, -0.2) is 36.5 Å². The third-order valence-electron chi connectivity index (χ3n) is 3.53. The summed E-state index contributed by atoms with van der Waals surface area (Å²) < 4.78 is 0. The number of amides is 1. The summed E-state index contributed by atoms with van der Waals surface area (Å²) in [5.74, 6) is 0.597. The number of hydrogen-bond acceptors (Lipinski definition) is 4. The predicted molar refractivity (Wildman–Crippen MR) is 124 cm³/mol. The maximum Gasteiger partial charge on any atom is 0.251 e. The summed E-state index contributed by atoms with van der Waals surface area (Å²) in [6.07, 6.45) is 0. The van der Waals surface area contributed by atoms with Gasteiger partial charge in [-0.3, -0.25) is 4.79 Å². The summed E-state index contributed by atoms with van der Waals surface area (Å²) in [4.78, 5) is 22.2. The van der Waals surface area contributed by atoms with E-state index in [9.17, 15) is 4.79 Å². The zero-order valence-corrected chi connectivity index (χ0v) is 19.5. The van der Waals surface area contributed by atoms with E-state index in [1.165, 1.54) is 0 Å². The average molecular weight is 522 g/mol. The molecule has 2 aromatic rings. The molecule has 0 spiro atoms. The second-order valence-corrected chi connectivity index (χ2v) is 7.35. The van der Waals surface area contributed by atoms with E-state index in [1.54, 1.807) is 35.6 Å². The average Bonchev–Trinajstić information content (AvgIpc) is 2.94. The van der Waals surface area contributed by atoms with Gasteiger partial charge < -0.3 is 16.0 Å². The number of carbonyl (C=O) groups excluding carboxylic acids is 1. The van der Waals surface area contributed by atoms with Crippen LogP contribution in [0.5, 0.6) is 0 Å². The number of aromatic nitrogens is 1. The van der Waals surface area contributed by atoms with E-state index >= 15 is 0 Å². The van der Waals surface area contributed by atoms with Crippen molar-refractivity contribution in [2.75, 3.05) is 19.6 Å². The molecule has 0 aliphatic heterocycles. The number of thiazole rings is 1. The van der Waals surface area contributed by atoms with E-state index in [0.717, 1.165) is 28.1 Å². The van der Waals surface area contributed by atoms with E-state index < -0.39 is 0 Å². The van der Waals surface area contributed by atoms with Crippen molar-refractivity contribution in [3.63, 3.8) is 0 Å². The Balaban J connectivity index is 0.00000364. The molecule has 3 N–H and O–H groups in total. The molecule has 0 bridgehead atoms. The summed E-state index contributed by atoms with van der Waals surface area (Å²) in [6.45, 7) is 8.43. The molecular formula is C18H25ClIN5OS. The molecule has 0 saturated carbocycles. The number of benzene rings is 1. The topological polar surface area (TPSA) is 78.4 Å². The van der Waals surface area contributed by atoms with Gasteiger partial charge in [-0.25, -0.2) is 9.98 Å². The molecule has 0 radical (unpaired) electrons. The number of hydrogen-bond donors (Lipinski definition) is 3. The first-order valence-corrected chi connectivity index (χ1v) is 9.68. The Bertz CT molecular complexity index is 764. The van der Waals surface area contributed by atoms with E-state index in [1.807, 2.05) is 20.8 Å². The van der Waals surface area contributed by atoms with Gasteiger partial charge in [0.1, 0.15) is 0 Å². The van der Waals surface area contributed by atoms with Crippen LogP contribution in [0.3, 0.4) is 0 Å². The molecule has 0 aliphatic carbocycles. The summed E-state index contributed by atoms with van der Waals surface area (Å²) in [7, 11) is 0. The normalized spacial score (nSPS) is 10.9. The maximum absolute atomic E-state index is 12.0. The maximum atomic E-state index is 12.0. The van der Waals surface area contributed by atoms with Gasteiger partial charge in [0.05, 0.1) is 17.2 Å². The fraction of sp³-hybridized carbons (Fsp3) is 0.389. The standard InChI is InChI=1S/C18H24ClN5OS.HI/c1-4-20-18(23-11-16-12(2)24-13(3)26-16)22-10-9-21-17(25)14-5-7-15(19)8-6-14;/h5-8H,4,9-11H2,1-3H3,(H,21,25)(H2,20,22,23);1H. The van der Waals surface area contributed by atoms with Crippen LogP contribution in [0, 0.1) is 13.8 Å². The monoisotopic (exact) mass is 521 g/mol. The van der Waals surface area contributed by atoms with Crippen molar-refractivity contribution in [1.82, 2.24) is 20.9 Å². The fourth-order valence-corrected chi connectivity index (χ4v) is 3.26. The van der Waals surface area contributed by atoms with Gasteiger partial charge in [-0.2, -0.15) is 0 Å². The molecular weight excluding hydrogens is 497 g/mol. The van der Waals surface area contributed by atoms with E-state index in [0.29, 0.717) is 30.2 Å². The summed E-state index contributed by atoms with van der Waals surface area (Å²) in [5.41, 5.74) is 1.62. The lowest BCUT2D eigenvalue weighted by molar-refractivity contribution is 0.0954. The van der Waals surface area contributed by atoms with Crippen LogP contribution in [0.15, 0.2) is 29.3 Å². The molecule has 27 heavy (non-hydrogen) atoms. The summed E-state index contributed by atoms with van der Waals surface area (Å²) in [6, 6.07) is 6.81. The third-order valence-corrected chi connectivity index (χ3v) is 4.84. The smallest absolute Gasteiger partial charge is 0.251 e. The van der Waals surface area contributed by atoms with Crippen LogP contribution < -0.4 is 16.0 Å². The van der Waals surface area contributed by atoms with Crippen molar-refractivity contribution in [1.29, 1.82) is 0 Å². The number of halogens is 2. The lowest BCUT2D eigenvalue weighted by Crippen LogP contribution is -2.41. The number of nitrogens with zero attached hydrogens (tertiary/aromatic N) is 2. The van der Waals surface area contributed by atoms with Crippen LogP contribution in [0.25, 0.3) is 0 Å². The van der Waals surface area contributed by atoms with Gasteiger partial charge in [0, 0.05) is 35.1 Å². The van der Waals surface area contributed by atoms with Gasteiger partial charge in [0.2, 0.25) is 0 Å². The van der Waals surface area contributed by atoms with Crippen molar-refractivity contribution in [2.24, 2.45) is 4.99 Å². The number of aliphatic imine (C=N–C) groups is 1. The van der Waals surface area contributed by atoms with Gasteiger partial charge >= 0.3 is 0 Å². The molecule has 1 aromatic heterocycles. The fourth-order valence-electron chi connectivity index (χ4n) is 2.27. The number of guanidine groups is 1. The third kappa shape index (κ3) is 8.02. The minimum Gasteiger partial charge on any atom is -0.357 e. The Morgan fingerprint density at radius 2 is 1.81 bits per heavy atom. The first kappa shape index (κ1) is 23.6. The lowest BCUT2D eigenvalue weighted by atomic mass is 10.2. The number of nitrogens with one attached hydrogen (secondary N) is 3. The molecule has 0 saturated heterocycles. The van der Waals surface area contributed by atoms with Gasteiger partial charge in [0.25, 0.3) is 5.91 Å². The highest BCUT2D eigenvalue weighted by Gasteiger charge is 2.06. The van der Waals surface area contributed by atoms with Crippen molar-refractivity contribution < 1.29 is 4.79 Å². The highest BCUT2D eigenvalue weighted by Crippen LogP contribution is 2.17. The Morgan fingerprint density at radius 3 is 2.41 bits per heavy atom. The van der Waals surface area contributed by atoms with E-state index in [-0.39, 0.29) is 29.9 Å². The summed E-state index contributed by atoms with van der Waals surface area (Å²) in [5, 5.41) is 11.0. The first-order valence-electron chi connectivity index (χ1n) is 8.48. The zero-order valence-electron chi connectivity index (χ0n) is 15.6. The largest absolute Gasteiger partial charge is 0.357 e. The first-order chi connectivity index (χ1) is 12.5. The SMILES string of the molecule is CCNC(=NCc1sc(C)nc1C)NCCNC(=O)c1ccc(Cl)cc1.I. The van der Waals surface area contributed by atoms with Crippen molar-refractivity contribution in [3.8, 4) is 0 Å². The van der Waals surface area contributed by atoms with Crippen molar-refractivity contribution in [3.05, 3.63) is 50.4 Å². The molecule has 9 heteroatoms. The lowest BCUT2D eigenvalue weighted by Gasteiger charge is -2.12. The highest BCUT2D eigenvalue weighted by atomic mass is 127. The van der Waals surface area contributed by atoms with E-state index in [2.05, 4.69) is 25.9 Å². The Hall–Kier alpha value is -1.39. The minimum atomic E-state index is -0.124. The Labute approximate surface area is 186 Å². The number of carbonyl (C=O) groups is 1. The Morgan fingerprint density at radius 1 is 1.15 bits per heavy atom. The van der Waals surface area contributed by atoms with Gasteiger partial charge in [-0.15, -0.1) is 35.3 Å². The molecule has 1 heterocycles. The molecule has 148 valence electrons. The second-order valence-electron chi connectivity index (χ2n) is 5.63. The molecule has 1 amide bonds. The number of rotatable bonds is 7. The van der Waals surface area contributed by atoms with Crippen LogP contribution in [0.2, 0.25) is 5.02 Å². The summed E-state index contributed by atoms with van der Waals surface area (Å²) >= 11 is 7.49. The molecule has 2 rings (SSSR count). The predicted octanol–water partition coefficient (Wildman–Crippen LogP) is 3.52. The minimum absolute atomic E-state index is 0. The molecule has 1 aromatic carbocycles.